The van der Waals surface area contributed by atoms with Gasteiger partial charge in [0.05, 0.1) is 13.2 Å². The average molecular weight is 720 g/mol. The van der Waals surface area contributed by atoms with Gasteiger partial charge in [0, 0.05) is 31.2 Å². The van der Waals surface area contributed by atoms with Gasteiger partial charge in [-0.05, 0) is 103 Å². The van der Waals surface area contributed by atoms with E-state index in [1.54, 1.807) is 0 Å². The molecular weight excluding hydrogens is 655 g/mol. The van der Waals surface area contributed by atoms with E-state index >= 15 is 0 Å². The van der Waals surface area contributed by atoms with Gasteiger partial charge in [0.15, 0.2) is 25.0 Å². The van der Waals surface area contributed by atoms with Crippen molar-refractivity contribution in [2.24, 2.45) is 5.92 Å². The van der Waals surface area contributed by atoms with Crippen LogP contribution in [0.3, 0.4) is 0 Å². The van der Waals surface area contributed by atoms with Crippen LogP contribution in [0.15, 0.2) is 12.2 Å². The summed E-state index contributed by atoms with van der Waals surface area (Å²) in [6, 6.07) is 0.804. The number of esters is 2. The molecule has 1 rings (SSSR count). The molecule has 0 bridgehead atoms. The standard InChI is InChI=1S/C32H65NO9Si4/c1-38-31(36)23-22-30(35)33-24-16-14-12-11-13-15-19-32(37)39-29-26-27(20-21-28(29)34)18-17-25-46(40-43(2,3)4,41-44(5,6)7)42-45(8,9)10/h22-23,27-29,34H,11-21,24-26H2,1-10H3,(H,33,35). The molecule has 1 aliphatic carbocycles. The van der Waals surface area contributed by atoms with Crippen LogP contribution in [-0.2, 0) is 36.2 Å². The number of aliphatic hydroxyl groups excluding tert-OH is 1. The van der Waals surface area contributed by atoms with Crippen molar-refractivity contribution in [3.63, 3.8) is 0 Å². The van der Waals surface area contributed by atoms with E-state index in [2.05, 4.69) is 69.0 Å². The number of carbonyl (C=O) groups is 3. The van der Waals surface area contributed by atoms with E-state index < -0.39 is 51.9 Å². The highest BCUT2D eigenvalue weighted by molar-refractivity contribution is 6.90. The molecule has 0 aromatic rings. The summed E-state index contributed by atoms with van der Waals surface area (Å²) >= 11 is 0. The quantitative estimate of drug-likeness (QED) is 0.0531. The highest BCUT2D eigenvalue weighted by atomic mass is 28.5. The van der Waals surface area contributed by atoms with Crippen molar-refractivity contribution >= 4 is 51.6 Å². The van der Waals surface area contributed by atoms with Gasteiger partial charge in [-0.15, -0.1) is 0 Å². The van der Waals surface area contributed by atoms with Crippen LogP contribution in [0.2, 0.25) is 65.0 Å². The molecule has 14 heteroatoms. The summed E-state index contributed by atoms with van der Waals surface area (Å²) in [5, 5.41) is 13.4. The Morgan fingerprint density at radius 1 is 0.761 bits per heavy atom. The molecule has 1 fully saturated rings. The molecule has 1 aliphatic rings. The number of amides is 1. The largest absolute Gasteiger partial charge is 0.469 e. The number of carbonyl (C=O) groups excluding carboxylic acids is 3. The van der Waals surface area contributed by atoms with Crippen LogP contribution >= 0.6 is 0 Å². The molecule has 3 atom stereocenters. The maximum Gasteiger partial charge on any atom is 0.469 e. The van der Waals surface area contributed by atoms with E-state index in [4.69, 9.17) is 17.1 Å². The van der Waals surface area contributed by atoms with Crippen molar-refractivity contribution in [2.75, 3.05) is 13.7 Å². The normalized spacial score (nSPS) is 19.7. The first-order valence-electron chi connectivity index (χ1n) is 17.2. The van der Waals surface area contributed by atoms with Crippen LogP contribution in [0.1, 0.15) is 77.0 Å². The molecule has 10 nitrogen and oxygen atoms in total. The molecule has 268 valence electrons. The lowest BCUT2D eigenvalue weighted by molar-refractivity contribution is -0.159. The summed E-state index contributed by atoms with van der Waals surface area (Å²) in [5.41, 5.74) is 0. The molecular formula is C32H65NO9Si4. The minimum absolute atomic E-state index is 0.227. The SMILES string of the molecule is COC(=O)C=CC(=O)NCCCCCCCCC(=O)OC1CC(CCC[Si](O[Si](C)(C)C)(O[Si](C)(C)C)O[Si](C)(C)C)CCC1O. The Balaban J connectivity index is 2.45. The molecule has 3 unspecified atom stereocenters. The number of ether oxygens (including phenoxy) is 2. The number of hydrogen-bond donors (Lipinski definition) is 2. The molecule has 0 radical (unpaired) electrons. The highest BCUT2D eigenvalue weighted by Gasteiger charge is 2.49. The second kappa shape index (κ2) is 20.4. The van der Waals surface area contributed by atoms with Crippen LogP contribution < -0.4 is 5.32 Å². The van der Waals surface area contributed by atoms with Gasteiger partial charge in [-0.25, -0.2) is 4.79 Å². The lowest BCUT2D eigenvalue weighted by atomic mass is 9.83. The van der Waals surface area contributed by atoms with Gasteiger partial charge in [-0.2, -0.15) is 0 Å². The Labute approximate surface area is 283 Å². The number of unbranched alkanes of at least 4 members (excludes halogenated alkanes) is 5. The van der Waals surface area contributed by atoms with Crippen molar-refractivity contribution < 1.29 is 41.3 Å². The zero-order chi connectivity index (χ0) is 35.0. The summed E-state index contributed by atoms with van der Waals surface area (Å²) in [5.74, 6) is -0.716. The predicted molar refractivity (Wildman–Crippen MR) is 193 cm³/mol. The first-order valence-corrected chi connectivity index (χ1v) is 29.4. The van der Waals surface area contributed by atoms with Gasteiger partial charge in [0.25, 0.3) is 0 Å². The highest BCUT2D eigenvalue weighted by Crippen LogP contribution is 2.35. The Morgan fingerprint density at radius 3 is 1.85 bits per heavy atom. The van der Waals surface area contributed by atoms with Crippen LogP contribution in [0.25, 0.3) is 0 Å². The summed E-state index contributed by atoms with van der Waals surface area (Å²) < 4.78 is 30.7. The zero-order valence-electron chi connectivity index (χ0n) is 30.5. The fraction of sp³-hybridized carbons (Fsp3) is 0.844. The summed E-state index contributed by atoms with van der Waals surface area (Å²) in [4.78, 5) is 35.2. The third-order valence-electron chi connectivity index (χ3n) is 7.31. The van der Waals surface area contributed by atoms with Crippen LogP contribution in [-0.4, -0.2) is 82.6 Å². The number of hydrogen-bond acceptors (Lipinski definition) is 9. The van der Waals surface area contributed by atoms with Crippen molar-refractivity contribution in [2.45, 2.75) is 154 Å². The third-order valence-corrected chi connectivity index (χ3v) is 19.4. The van der Waals surface area contributed by atoms with Crippen LogP contribution in [0.4, 0.5) is 0 Å². The Kier molecular flexibility index (Phi) is 19.0. The fourth-order valence-corrected chi connectivity index (χ4v) is 20.3. The monoisotopic (exact) mass is 719 g/mol. The molecule has 0 saturated heterocycles. The average Bonchev–Trinajstić information content (AvgIpc) is 2.89. The smallest absolute Gasteiger partial charge is 0.466 e. The van der Waals surface area contributed by atoms with E-state index in [9.17, 15) is 19.5 Å². The Morgan fingerprint density at radius 2 is 1.30 bits per heavy atom. The first kappa shape index (κ1) is 42.9. The van der Waals surface area contributed by atoms with E-state index in [1.165, 1.54) is 13.2 Å². The van der Waals surface area contributed by atoms with Crippen molar-refractivity contribution in [1.82, 2.24) is 5.32 Å². The topological polar surface area (TPSA) is 130 Å². The lowest BCUT2D eigenvalue weighted by Crippen LogP contribution is -2.60. The molecule has 2 N–H and O–H groups in total. The number of methoxy groups -OCH3 is 1. The van der Waals surface area contributed by atoms with Gasteiger partial charge in [-0.1, -0.05) is 32.1 Å². The van der Waals surface area contributed by atoms with Crippen molar-refractivity contribution in [3.8, 4) is 0 Å². The second-order valence-electron chi connectivity index (χ2n) is 15.5. The van der Waals surface area contributed by atoms with Gasteiger partial charge in [-0.3, -0.25) is 9.59 Å². The van der Waals surface area contributed by atoms with Gasteiger partial charge < -0.3 is 32.2 Å². The maximum atomic E-state index is 12.6. The van der Waals surface area contributed by atoms with E-state index in [1.807, 2.05) is 0 Å². The lowest BCUT2D eigenvalue weighted by Gasteiger charge is -2.43. The Hall–Kier alpha value is -1.14. The second-order valence-corrected chi connectivity index (χ2v) is 32.5. The summed E-state index contributed by atoms with van der Waals surface area (Å²) in [6.07, 6.45) is 11.3. The Bertz CT molecular complexity index is 920. The molecule has 1 amide bonds. The van der Waals surface area contributed by atoms with Gasteiger partial charge in [0.2, 0.25) is 5.91 Å². The molecule has 0 spiro atoms. The number of rotatable bonds is 22. The fourth-order valence-electron chi connectivity index (χ4n) is 5.62. The molecule has 0 heterocycles. The van der Waals surface area contributed by atoms with Gasteiger partial charge in [0.1, 0.15) is 6.10 Å². The number of nitrogens with one attached hydrogen (secondary N) is 1. The number of aliphatic hydroxyl groups is 1. The molecule has 0 aliphatic heterocycles. The zero-order valence-corrected chi connectivity index (χ0v) is 34.5. The van der Waals surface area contributed by atoms with Crippen LogP contribution in [0, 0.1) is 5.92 Å². The minimum Gasteiger partial charge on any atom is -0.466 e. The van der Waals surface area contributed by atoms with E-state index in [0.29, 0.717) is 31.7 Å². The molecule has 0 aromatic heterocycles. The van der Waals surface area contributed by atoms with Gasteiger partial charge >= 0.3 is 20.7 Å². The molecule has 1 saturated carbocycles. The molecule has 0 aromatic carbocycles. The van der Waals surface area contributed by atoms with E-state index in [-0.39, 0.29) is 11.9 Å². The minimum atomic E-state index is -2.87. The maximum absolute atomic E-state index is 12.6. The molecule has 46 heavy (non-hydrogen) atoms. The predicted octanol–water partition coefficient (Wildman–Crippen LogP) is 6.91. The van der Waals surface area contributed by atoms with Crippen molar-refractivity contribution in [3.05, 3.63) is 12.2 Å². The summed E-state index contributed by atoms with van der Waals surface area (Å²) in [6.45, 7) is 20.4. The van der Waals surface area contributed by atoms with Crippen LogP contribution in [0.5, 0.6) is 0 Å². The van der Waals surface area contributed by atoms with E-state index in [0.717, 1.165) is 69.9 Å². The first-order chi connectivity index (χ1) is 21.2. The third kappa shape index (κ3) is 21.0. The van der Waals surface area contributed by atoms with Crippen molar-refractivity contribution in [1.29, 1.82) is 0 Å². The summed E-state index contributed by atoms with van der Waals surface area (Å²) in [7, 11) is -7.36.